The molecule has 5 nitrogen and oxygen atoms in total. The van der Waals surface area contributed by atoms with Gasteiger partial charge in [0.2, 0.25) is 5.91 Å². The third-order valence-electron chi connectivity index (χ3n) is 4.14. The van der Waals surface area contributed by atoms with Gasteiger partial charge in [-0.05, 0) is 38.5 Å². The zero-order valence-electron chi connectivity index (χ0n) is 10.9. The zero-order valence-corrected chi connectivity index (χ0v) is 11.7. The quantitative estimate of drug-likeness (QED) is 0.885. The lowest BCUT2D eigenvalue weighted by atomic mass is 10.2. The number of nitrogens with one attached hydrogen (secondary N) is 1. The average molecular weight is 280 g/mol. The van der Waals surface area contributed by atoms with E-state index in [9.17, 15) is 9.59 Å². The van der Waals surface area contributed by atoms with Crippen LogP contribution in [0, 0.1) is 18.3 Å². The number of carboxylic acid groups (broad SMARTS) is 1. The molecule has 102 valence electrons. The molecule has 2 atom stereocenters. The highest BCUT2D eigenvalue weighted by molar-refractivity contribution is 7.13. The van der Waals surface area contributed by atoms with Crippen molar-refractivity contribution in [1.82, 2.24) is 10.3 Å². The Morgan fingerprint density at radius 3 is 2.68 bits per heavy atom. The monoisotopic (exact) mass is 280 g/mol. The summed E-state index contributed by atoms with van der Waals surface area (Å²) in [5, 5.41) is 12.6. The minimum absolute atomic E-state index is 0.0923. The molecular formula is C13H16N2O3S. The maximum absolute atomic E-state index is 12.0. The summed E-state index contributed by atoms with van der Waals surface area (Å²) in [6, 6.07) is -0.222. The van der Waals surface area contributed by atoms with Crippen molar-refractivity contribution in [2.75, 3.05) is 0 Å². The number of carbonyl (C=O) groups is 2. The molecule has 0 aromatic carbocycles. The van der Waals surface area contributed by atoms with E-state index < -0.39 is 5.97 Å². The van der Waals surface area contributed by atoms with Crippen LogP contribution in [-0.2, 0) is 4.79 Å². The molecule has 2 aliphatic carbocycles. The summed E-state index contributed by atoms with van der Waals surface area (Å²) in [6.07, 6.45) is 3.38. The third kappa shape index (κ3) is 2.14. The van der Waals surface area contributed by atoms with Crippen LogP contribution in [0.15, 0.2) is 0 Å². The molecule has 1 amide bonds. The Morgan fingerprint density at radius 2 is 2.21 bits per heavy atom. The van der Waals surface area contributed by atoms with Crippen molar-refractivity contribution >= 4 is 23.2 Å². The van der Waals surface area contributed by atoms with Gasteiger partial charge in [-0.15, -0.1) is 11.3 Å². The van der Waals surface area contributed by atoms with Crippen molar-refractivity contribution in [2.24, 2.45) is 11.3 Å². The molecule has 3 rings (SSSR count). The van der Waals surface area contributed by atoms with E-state index in [4.69, 9.17) is 5.11 Å². The number of aromatic nitrogens is 1. The lowest BCUT2D eigenvalue weighted by molar-refractivity contribution is -0.123. The van der Waals surface area contributed by atoms with Gasteiger partial charge in [0.15, 0.2) is 0 Å². The highest BCUT2D eigenvalue weighted by Gasteiger charge is 2.65. The summed E-state index contributed by atoms with van der Waals surface area (Å²) in [4.78, 5) is 27.5. The third-order valence-corrected chi connectivity index (χ3v) is 5.46. The van der Waals surface area contributed by atoms with Gasteiger partial charge in [-0.2, -0.15) is 0 Å². The first-order valence-corrected chi connectivity index (χ1v) is 7.25. The van der Waals surface area contributed by atoms with Gasteiger partial charge in [-0.1, -0.05) is 0 Å². The van der Waals surface area contributed by atoms with Gasteiger partial charge in [0, 0.05) is 5.92 Å². The number of amides is 1. The fourth-order valence-corrected chi connectivity index (χ4v) is 3.52. The van der Waals surface area contributed by atoms with Gasteiger partial charge in [-0.25, -0.2) is 9.78 Å². The van der Waals surface area contributed by atoms with Crippen LogP contribution in [0.2, 0.25) is 0 Å². The van der Waals surface area contributed by atoms with Crippen LogP contribution in [0.4, 0.5) is 0 Å². The molecule has 6 heteroatoms. The Bertz CT molecular complexity index is 562. The van der Waals surface area contributed by atoms with Crippen molar-refractivity contribution in [3.05, 3.63) is 15.6 Å². The molecule has 19 heavy (non-hydrogen) atoms. The molecule has 0 radical (unpaired) electrons. The first-order chi connectivity index (χ1) is 8.93. The molecule has 0 bridgehead atoms. The standard InChI is InChI=1S/C13H16N2O3S/c1-6-9(12(17)18)19-11(15-6)7(2)14-10(16)8-5-13(8)3-4-13/h7-8H,3-5H2,1-2H3,(H,14,16)(H,17,18). The molecular weight excluding hydrogens is 264 g/mol. The number of aromatic carboxylic acids is 1. The predicted molar refractivity (Wildman–Crippen MR) is 70.1 cm³/mol. The molecule has 2 fully saturated rings. The summed E-state index contributed by atoms with van der Waals surface area (Å²) in [7, 11) is 0. The minimum Gasteiger partial charge on any atom is -0.477 e. The number of aryl methyl sites for hydroxylation is 1. The molecule has 1 spiro atoms. The lowest BCUT2D eigenvalue weighted by Gasteiger charge is -2.10. The van der Waals surface area contributed by atoms with Crippen molar-refractivity contribution in [2.45, 2.75) is 39.2 Å². The number of hydrogen-bond acceptors (Lipinski definition) is 4. The van der Waals surface area contributed by atoms with E-state index in [0.29, 0.717) is 16.1 Å². The summed E-state index contributed by atoms with van der Waals surface area (Å²) in [5.74, 6) is -0.691. The SMILES string of the molecule is Cc1nc(C(C)NC(=O)C2CC23CC3)sc1C(=O)O. The van der Waals surface area contributed by atoms with E-state index in [1.807, 2.05) is 6.92 Å². The van der Waals surface area contributed by atoms with Crippen LogP contribution in [0.5, 0.6) is 0 Å². The van der Waals surface area contributed by atoms with Crippen LogP contribution in [0.1, 0.15) is 52.6 Å². The van der Waals surface area contributed by atoms with E-state index in [2.05, 4.69) is 10.3 Å². The number of nitrogens with zero attached hydrogens (tertiary/aromatic N) is 1. The van der Waals surface area contributed by atoms with Gasteiger partial charge in [0.25, 0.3) is 0 Å². The van der Waals surface area contributed by atoms with Gasteiger partial charge in [0.05, 0.1) is 11.7 Å². The molecule has 1 heterocycles. The van der Waals surface area contributed by atoms with Crippen LogP contribution >= 0.6 is 11.3 Å². The molecule has 2 N–H and O–H groups in total. The van der Waals surface area contributed by atoms with Gasteiger partial charge in [0.1, 0.15) is 9.88 Å². The number of carbonyl (C=O) groups excluding carboxylic acids is 1. The minimum atomic E-state index is -0.959. The normalized spacial score (nSPS) is 24.0. The van der Waals surface area contributed by atoms with E-state index >= 15 is 0 Å². The Balaban J connectivity index is 1.66. The van der Waals surface area contributed by atoms with E-state index in [1.165, 1.54) is 12.8 Å². The maximum Gasteiger partial charge on any atom is 0.347 e. The van der Waals surface area contributed by atoms with Crippen LogP contribution in [0.3, 0.4) is 0 Å². The van der Waals surface area contributed by atoms with Crippen LogP contribution < -0.4 is 5.32 Å². The largest absolute Gasteiger partial charge is 0.477 e. The summed E-state index contributed by atoms with van der Waals surface area (Å²) in [5.41, 5.74) is 0.855. The van der Waals surface area contributed by atoms with Gasteiger partial charge < -0.3 is 10.4 Å². The number of carboxylic acids is 1. The Kier molecular flexibility index (Phi) is 2.67. The first-order valence-electron chi connectivity index (χ1n) is 6.44. The average Bonchev–Trinajstić information content (AvgIpc) is 3.23. The van der Waals surface area contributed by atoms with Crippen molar-refractivity contribution in [1.29, 1.82) is 0 Å². The van der Waals surface area contributed by atoms with E-state index in [-0.39, 0.29) is 22.7 Å². The van der Waals surface area contributed by atoms with Crippen molar-refractivity contribution < 1.29 is 14.7 Å². The molecule has 1 aromatic rings. The molecule has 1 aromatic heterocycles. The molecule has 2 aliphatic rings. The number of rotatable bonds is 4. The summed E-state index contributed by atoms with van der Waals surface area (Å²) in [6.45, 7) is 3.53. The van der Waals surface area contributed by atoms with Gasteiger partial charge >= 0.3 is 5.97 Å². The van der Waals surface area contributed by atoms with Crippen molar-refractivity contribution in [3.63, 3.8) is 0 Å². The van der Waals surface area contributed by atoms with E-state index in [1.54, 1.807) is 6.92 Å². The lowest BCUT2D eigenvalue weighted by Crippen LogP contribution is -2.28. The maximum atomic E-state index is 12.0. The topological polar surface area (TPSA) is 79.3 Å². The number of hydrogen-bond donors (Lipinski definition) is 2. The van der Waals surface area contributed by atoms with Crippen LogP contribution in [-0.4, -0.2) is 22.0 Å². The fourth-order valence-electron chi connectivity index (χ4n) is 2.61. The highest BCUT2D eigenvalue weighted by atomic mass is 32.1. The second-order valence-electron chi connectivity index (χ2n) is 5.62. The molecule has 2 saturated carbocycles. The highest BCUT2D eigenvalue weighted by Crippen LogP contribution is 2.70. The second kappa shape index (κ2) is 4.03. The summed E-state index contributed by atoms with van der Waals surface area (Å²) >= 11 is 1.14. The molecule has 2 unspecified atom stereocenters. The Hall–Kier alpha value is -1.43. The smallest absolute Gasteiger partial charge is 0.347 e. The predicted octanol–water partition coefficient (Wildman–Crippen LogP) is 2.13. The molecule has 0 saturated heterocycles. The van der Waals surface area contributed by atoms with Crippen LogP contribution in [0.25, 0.3) is 0 Å². The second-order valence-corrected chi connectivity index (χ2v) is 6.65. The zero-order chi connectivity index (χ0) is 13.8. The Morgan fingerprint density at radius 1 is 1.53 bits per heavy atom. The summed E-state index contributed by atoms with van der Waals surface area (Å²) < 4.78 is 0. The first kappa shape index (κ1) is 12.6. The molecule has 0 aliphatic heterocycles. The van der Waals surface area contributed by atoms with Gasteiger partial charge in [-0.3, -0.25) is 4.79 Å². The van der Waals surface area contributed by atoms with E-state index in [0.717, 1.165) is 17.8 Å². The number of thiazole rings is 1. The Labute approximate surface area is 115 Å². The fraction of sp³-hybridized carbons (Fsp3) is 0.615. The van der Waals surface area contributed by atoms with Crippen molar-refractivity contribution in [3.8, 4) is 0 Å².